The van der Waals surface area contributed by atoms with E-state index in [1.165, 1.54) is 0 Å². The molecule has 1 aromatic carbocycles. The maximum absolute atomic E-state index is 6.13. The molecule has 0 unspecified atom stereocenters. The van der Waals surface area contributed by atoms with Crippen molar-refractivity contribution in [2.24, 2.45) is 0 Å². The Bertz CT molecular complexity index is 775. The molecule has 2 rings (SSSR count). The van der Waals surface area contributed by atoms with E-state index in [-0.39, 0.29) is 0 Å². The topological polar surface area (TPSA) is 32.3 Å². The molecule has 0 fully saturated rings. The third kappa shape index (κ3) is 6.25. The molecule has 4 nitrogen and oxygen atoms in total. The van der Waals surface area contributed by atoms with Gasteiger partial charge in [0.05, 0.1) is 15.7 Å². The molecule has 148 valence electrons. The van der Waals surface area contributed by atoms with E-state index in [2.05, 4.69) is 28.7 Å². The van der Waals surface area contributed by atoms with Gasteiger partial charge in [-0.05, 0) is 31.3 Å². The molecular weight excluding hydrogens is 449 g/mol. The van der Waals surface area contributed by atoms with E-state index in [1.54, 1.807) is 24.3 Å². The second-order valence-electron chi connectivity index (χ2n) is 6.01. The highest BCUT2D eigenvalue weighted by molar-refractivity contribution is 6.66. The van der Waals surface area contributed by atoms with E-state index < -0.39 is 3.79 Å². The lowest BCUT2D eigenvalue weighted by molar-refractivity contribution is 0.311. The third-order valence-corrected chi connectivity index (χ3v) is 5.54. The number of aromatic nitrogens is 2. The molecule has 0 bridgehead atoms. The van der Waals surface area contributed by atoms with Crippen LogP contribution in [0.25, 0.3) is 11.4 Å². The van der Waals surface area contributed by atoms with Crippen LogP contribution in [0.4, 0.5) is 5.82 Å². The number of rotatable bonds is 7. The van der Waals surface area contributed by atoms with E-state index in [9.17, 15) is 0 Å². The molecule has 0 saturated heterocycles. The van der Waals surface area contributed by atoms with E-state index in [1.807, 2.05) is 11.9 Å². The van der Waals surface area contributed by atoms with E-state index in [0.29, 0.717) is 32.9 Å². The fourth-order valence-electron chi connectivity index (χ4n) is 2.49. The highest BCUT2D eigenvalue weighted by Gasteiger charge is 2.27. The molecular formula is C18H21Cl5N4. The number of hydrogen-bond acceptors (Lipinski definition) is 4. The van der Waals surface area contributed by atoms with Crippen molar-refractivity contribution >= 4 is 63.8 Å². The van der Waals surface area contributed by atoms with Gasteiger partial charge >= 0.3 is 0 Å². The van der Waals surface area contributed by atoms with Gasteiger partial charge in [0.25, 0.3) is 0 Å². The second-order valence-corrected chi connectivity index (χ2v) is 9.11. The van der Waals surface area contributed by atoms with Crippen LogP contribution in [0.3, 0.4) is 0 Å². The summed E-state index contributed by atoms with van der Waals surface area (Å²) in [5, 5.41) is 0.864. The van der Waals surface area contributed by atoms with Gasteiger partial charge in [0, 0.05) is 31.8 Å². The van der Waals surface area contributed by atoms with Crippen molar-refractivity contribution in [1.29, 1.82) is 0 Å². The Balaban J connectivity index is 2.40. The van der Waals surface area contributed by atoms with Gasteiger partial charge in [-0.15, -0.1) is 0 Å². The van der Waals surface area contributed by atoms with Crippen LogP contribution in [0.5, 0.6) is 0 Å². The molecule has 0 radical (unpaired) electrons. The van der Waals surface area contributed by atoms with Crippen molar-refractivity contribution in [3.8, 4) is 11.4 Å². The molecule has 1 heterocycles. The largest absolute Gasteiger partial charge is 0.358 e. The lowest BCUT2D eigenvalue weighted by Crippen LogP contribution is -2.33. The number of nitrogens with zero attached hydrogens (tertiary/aromatic N) is 4. The summed E-state index contributed by atoms with van der Waals surface area (Å²) in [4.78, 5) is 13.4. The lowest BCUT2D eigenvalue weighted by atomic mass is 10.2. The van der Waals surface area contributed by atoms with Gasteiger partial charge < -0.3 is 9.80 Å². The molecule has 0 amide bonds. The maximum atomic E-state index is 6.13. The molecule has 9 heteroatoms. The molecule has 0 aliphatic carbocycles. The summed E-state index contributed by atoms with van der Waals surface area (Å²) in [5.74, 6) is 1.08. The molecule has 0 N–H and O–H groups in total. The van der Waals surface area contributed by atoms with Crippen LogP contribution >= 0.6 is 58.0 Å². The average Bonchev–Trinajstić information content (AvgIpc) is 2.63. The molecule has 27 heavy (non-hydrogen) atoms. The molecule has 0 atom stereocenters. The monoisotopic (exact) mass is 468 g/mol. The minimum absolute atomic E-state index is 0.299. The van der Waals surface area contributed by atoms with Crippen LogP contribution in [0, 0.1) is 0 Å². The number of halogens is 5. The minimum atomic E-state index is -1.66. The zero-order chi connectivity index (χ0) is 20.2. The predicted molar refractivity (Wildman–Crippen MR) is 118 cm³/mol. The normalized spacial score (nSPS) is 11.9. The van der Waals surface area contributed by atoms with Crippen molar-refractivity contribution in [1.82, 2.24) is 14.9 Å². The Kier molecular flexibility index (Phi) is 8.29. The van der Waals surface area contributed by atoms with Crippen molar-refractivity contribution in [2.75, 3.05) is 38.1 Å². The standard InChI is InChI=1S/C18H21Cl5N4/c1-4-27(5-2)9-8-26(3)16-11-15(18(21,22)23)24-17(25-16)12-6-7-13(19)14(20)10-12/h6-7,10-11H,4-5,8-9H2,1-3H3. The number of hydrogen-bond donors (Lipinski definition) is 0. The van der Waals surface area contributed by atoms with Gasteiger partial charge in [-0.1, -0.05) is 71.9 Å². The second kappa shape index (κ2) is 9.82. The minimum Gasteiger partial charge on any atom is -0.358 e. The zero-order valence-electron chi connectivity index (χ0n) is 15.3. The summed E-state index contributed by atoms with van der Waals surface area (Å²) in [6, 6.07) is 6.86. The number of alkyl halides is 3. The highest BCUT2D eigenvalue weighted by atomic mass is 35.6. The van der Waals surface area contributed by atoms with E-state index >= 15 is 0 Å². The molecule has 1 aromatic heterocycles. The van der Waals surface area contributed by atoms with Gasteiger partial charge in [0.2, 0.25) is 3.79 Å². The molecule has 0 aliphatic heterocycles. The summed E-state index contributed by atoms with van der Waals surface area (Å²) < 4.78 is -1.66. The van der Waals surface area contributed by atoms with Crippen molar-refractivity contribution in [3.05, 3.63) is 40.0 Å². The SMILES string of the molecule is CCN(CC)CCN(C)c1cc(C(Cl)(Cl)Cl)nc(-c2ccc(Cl)c(Cl)c2)n1. The fraction of sp³-hybridized carbons (Fsp3) is 0.444. The van der Waals surface area contributed by atoms with Gasteiger partial charge in [-0.2, -0.15) is 0 Å². The van der Waals surface area contributed by atoms with Crippen LogP contribution in [0.15, 0.2) is 24.3 Å². The first-order chi connectivity index (χ1) is 12.7. The van der Waals surface area contributed by atoms with Crippen LogP contribution in [-0.2, 0) is 3.79 Å². The van der Waals surface area contributed by atoms with Crippen molar-refractivity contribution < 1.29 is 0 Å². The van der Waals surface area contributed by atoms with Crippen LogP contribution < -0.4 is 4.90 Å². The summed E-state index contributed by atoms with van der Waals surface area (Å²) >= 11 is 30.4. The van der Waals surface area contributed by atoms with Gasteiger partial charge in [-0.25, -0.2) is 9.97 Å². The van der Waals surface area contributed by atoms with Crippen LogP contribution in [-0.4, -0.2) is 48.1 Å². The van der Waals surface area contributed by atoms with Gasteiger partial charge in [0.15, 0.2) is 5.82 Å². The first-order valence-electron chi connectivity index (χ1n) is 8.50. The predicted octanol–water partition coefficient (Wildman–Crippen LogP) is 6.06. The average molecular weight is 471 g/mol. The summed E-state index contributed by atoms with van der Waals surface area (Å²) in [5.41, 5.74) is 0.993. The smallest absolute Gasteiger partial charge is 0.232 e. The third-order valence-electron chi connectivity index (χ3n) is 4.22. The van der Waals surface area contributed by atoms with Crippen LogP contribution in [0.1, 0.15) is 19.5 Å². The summed E-state index contributed by atoms with van der Waals surface area (Å²) in [7, 11) is 1.95. The Morgan fingerprint density at radius 3 is 2.15 bits per heavy atom. The Labute approximate surface area is 185 Å². The number of anilines is 1. The Hall–Kier alpha value is -0.490. The van der Waals surface area contributed by atoms with Crippen molar-refractivity contribution in [2.45, 2.75) is 17.6 Å². The summed E-state index contributed by atoms with van der Waals surface area (Å²) in [6.07, 6.45) is 0. The summed E-state index contributed by atoms with van der Waals surface area (Å²) in [6.45, 7) is 7.93. The van der Waals surface area contributed by atoms with E-state index in [0.717, 1.165) is 26.2 Å². The van der Waals surface area contributed by atoms with E-state index in [4.69, 9.17) is 58.0 Å². The van der Waals surface area contributed by atoms with Crippen LogP contribution in [0.2, 0.25) is 10.0 Å². The van der Waals surface area contributed by atoms with Crippen molar-refractivity contribution in [3.63, 3.8) is 0 Å². The highest BCUT2D eigenvalue weighted by Crippen LogP contribution is 2.39. The number of benzene rings is 1. The Morgan fingerprint density at radius 2 is 1.59 bits per heavy atom. The lowest BCUT2D eigenvalue weighted by Gasteiger charge is -2.25. The Morgan fingerprint density at radius 1 is 0.926 bits per heavy atom. The maximum Gasteiger partial charge on any atom is 0.232 e. The number of likely N-dealkylation sites (N-methyl/N-ethyl adjacent to an activating group) is 2. The molecule has 0 aliphatic rings. The first-order valence-corrected chi connectivity index (χ1v) is 10.4. The van der Waals surface area contributed by atoms with Gasteiger partial charge in [-0.3, -0.25) is 0 Å². The first kappa shape index (κ1) is 22.8. The zero-order valence-corrected chi connectivity index (χ0v) is 19.1. The molecule has 2 aromatic rings. The molecule has 0 saturated carbocycles. The quantitative estimate of drug-likeness (QED) is 0.461. The fourth-order valence-corrected chi connectivity index (χ4v) is 3.07. The molecule has 0 spiro atoms. The van der Waals surface area contributed by atoms with Gasteiger partial charge in [0.1, 0.15) is 5.82 Å².